The lowest BCUT2D eigenvalue weighted by Crippen LogP contribution is -2.45. The molecule has 1 aliphatic heterocycles. The van der Waals surface area contributed by atoms with Crippen LogP contribution in [0.2, 0.25) is 0 Å². The van der Waals surface area contributed by atoms with E-state index in [4.69, 9.17) is 0 Å². The van der Waals surface area contributed by atoms with Crippen molar-refractivity contribution in [3.05, 3.63) is 33.1 Å². The van der Waals surface area contributed by atoms with E-state index in [0.717, 1.165) is 25.9 Å². The fourth-order valence-corrected chi connectivity index (χ4v) is 3.05. The topological polar surface area (TPSA) is 41.1 Å². The van der Waals surface area contributed by atoms with Crippen molar-refractivity contribution in [1.82, 2.24) is 10.6 Å². The summed E-state index contributed by atoms with van der Waals surface area (Å²) in [6.45, 7) is 4.80. The molecule has 0 aliphatic carbocycles. The Morgan fingerprint density at radius 1 is 1.58 bits per heavy atom. The average molecular weight is 376 g/mol. The molecule has 0 saturated carbocycles. The summed E-state index contributed by atoms with van der Waals surface area (Å²) in [7, 11) is 0. The Kier molecular flexibility index (Phi) is 4.78. The smallest absolute Gasteiger partial charge is 0.252 e. The van der Waals surface area contributed by atoms with Gasteiger partial charge in [-0.2, -0.15) is 0 Å². The second-order valence-corrected chi connectivity index (χ2v) is 6.56. The van der Waals surface area contributed by atoms with Crippen molar-refractivity contribution in [2.24, 2.45) is 5.41 Å². The zero-order valence-electron chi connectivity index (χ0n) is 10.9. The SMILES string of the molecule is CC1(CNC(=O)c2ccc(F)cc2I)CCCNC1. The predicted octanol–water partition coefficient (Wildman–Crippen LogP) is 2.55. The molecule has 1 aromatic rings. The van der Waals surface area contributed by atoms with Crippen molar-refractivity contribution in [3.8, 4) is 0 Å². The first kappa shape index (κ1) is 14.7. The van der Waals surface area contributed by atoms with Crippen LogP contribution in [0.4, 0.5) is 4.39 Å². The molecule has 5 heteroatoms. The number of hydrogen-bond acceptors (Lipinski definition) is 2. The highest BCUT2D eigenvalue weighted by atomic mass is 127. The molecule has 0 aromatic heterocycles. The van der Waals surface area contributed by atoms with Gasteiger partial charge in [0.15, 0.2) is 0 Å². The number of amides is 1. The number of nitrogens with one attached hydrogen (secondary N) is 2. The van der Waals surface area contributed by atoms with E-state index in [1.165, 1.54) is 18.2 Å². The highest BCUT2D eigenvalue weighted by Crippen LogP contribution is 2.24. The molecule has 1 fully saturated rings. The number of benzene rings is 1. The largest absolute Gasteiger partial charge is 0.351 e. The van der Waals surface area contributed by atoms with Crippen LogP contribution in [0, 0.1) is 14.8 Å². The first-order valence-corrected chi connectivity index (χ1v) is 7.52. The Hall–Kier alpha value is -0.690. The number of rotatable bonds is 3. The molecule has 1 aliphatic rings. The molecule has 0 spiro atoms. The maximum absolute atomic E-state index is 13.0. The normalized spacial score (nSPS) is 23.1. The Morgan fingerprint density at radius 2 is 2.37 bits per heavy atom. The summed E-state index contributed by atoms with van der Waals surface area (Å²) in [5.74, 6) is -0.444. The highest BCUT2D eigenvalue weighted by Gasteiger charge is 2.27. The van der Waals surface area contributed by atoms with Crippen LogP contribution >= 0.6 is 22.6 Å². The van der Waals surface area contributed by atoms with E-state index in [1.54, 1.807) is 0 Å². The standard InChI is InChI=1S/C14H18FIN2O/c1-14(5-2-6-17-8-14)9-18-13(19)11-4-3-10(15)7-12(11)16/h3-4,7,17H,2,5-6,8-9H2,1H3,(H,18,19). The zero-order valence-corrected chi connectivity index (χ0v) is 13.1. The van der Waals surface area contributed by atoms with Crippen molar-refractivity contribution in [2.45, 2.75) is 19.8 Å². The molecule has 0 bridgehead atoms. The molecular formula is C14H18FIN2O. The molecule has 2 N–H and O–H groups in total. The van der Waals surface area contributed by atoms with Gasteiger partial charge in [-0.05, 0) is 65.6 Å². The van der Waals surface area contributed by atoms with Gasteiger partial charge < -0.3 is 10.6 Å². The molecule has 104 valence electrons. The summed E-state index contributed by atoms with van der Waals surface area (Å²) in [4.78, 5) is 12.1. The summed E-state index contributed by atoms with van der Waals surface area (Å²) in [6, 6.07) is 4.23. The van der Waals surface area contributed by atoms with Gasteiger partial charge in [-0.3, -0.25) is 4.79 Å². The molecule has 1 heterocycles. The van der Waals surface area contributed by atoms with Crippen LogP contribution in [0.1, 0.15) is 30.1 Å². The van der Waals surface area contributed by atoms with E-state index in [0.29, 0.717) is 15.7 Å². The Bertz CT molecular complexity index is 473. The number of halogens is 2. The zero-order chi connectivity index (χ0) is 13.9. The predicted molar refractivity (Wildman–Crippen MR) is 81.7 cm³/mol. The lowest BCUT2D eigenvalue weighted by atomic mass is 9.83. The minimum absolute atomic E-state index is 0.110. The molecule has 1 amide bonds. The average Bonchev–Trinajstić information content (AvgIpc) is 2.37. The van der Waals surface area contributed by atoms with Gasteiger partial charge in [0.2, 0.25) is 0 Å². The lowest BCUT2D eigenvalue weighted by Gasteiger charge is -2.34. The Morgan fingerprint density at radius 3 is 3.00 bits per heavy atom. The number of piperidine rings is 1. The molecule has 1 aromatic carbocycles. The maximum Gasteiger partial charge on any atom is 0.252 e. The van der Waals surface area contributed by atoms with Crippen LogP contribution < -0.4 is 10.6 Å². The summed E-state index contributed by atoms with van der Waals surface area (Å²) in [5, 5.41) is 6.32. The minimum atomic E-state index is -0.315. The van der Waals surface area contributed by atoms with Crippen LogP contribution in [-0.2, 0) is 0 Å². The quantitative estimate of drug-likeness (QED) is 0.797. The van der Waals surface area contributed by atoms with E-state index in [9.17, 15) is 9.18 Å². The molecule has 1 saturated heterocycles. The van der Waals surface area contributed by atoms with Gasteiger partial charge in [0, 0.05) is 16.7 Å². The monoisotopic (exact) mass is 376 g/mol. The van der Waals surface area contributed by atoms with Crippen molar-refractivity contribution in [3.63, 3.8) is 0 Å². The number of carbonyl (C=O) groups excluding carboxylic acids is 1. The molecule has 1 atom stereocenters. The van der Waals surface area contributed by atoms with Crippen molar-refractivity contribution >= 4 is 28.5 Å². The third-order valence-electron chi connectivity index (χ3n) is 3.54. The third kappa shape index (κ3) is 3.89. The number of carbonyl (C=O) groups is 1. The fraction of sp³-hybridized carbons (Fsp3) is 0.500. The van der Waals surface area contributed by atoms with E-state index in [2.05, 4.69) is 17.6 Å². The van der Waals surface area contributed by atoms with Crippen molar-refractivity contribution < 1.29 is 9.18 Å². The number of hydrogen-bond donors (Lipinski definition) is 2. The van der Waals surface area contributed by atoms with Crippen LogP contribution in [-0.4, -0.2) is 25.5 Å². The second-order valence-electron chi connectivity index (χ2n) is 5.40. The summed E-state index contributed by atoms with van der Waals surface area (Å²) < 4.78 is 13.6. The molecule has 3 nitrogen and oxygen atoms in total. The van der Waals surface area contributed by atoms with Gasteiger partial charge in [0.1, 0.15) is 5.82 Å². The molecule has 1 unspecified atom stereocenters. The first-order valence-electron chi connectivity index (χ1n) is 6.44. The van der Waals surface area contributed by atoms with Gasteiger partial charge in [-0.25, -0.2) is 4.39 Å². The molecular weight excluding hydrogens is 358 g/mol. The van der Waals surface area contributed by atoms with Crippen LogP contribution in [0.15, 0.2) is 18.2 Å². The van der Waals surface area contributed by atoms with Crippen LogP contribution in [0.5, 0.6) is 0 Å². The third-order valence-corrected chi connectivity index (χ3v) is 4.43. The summed E-state index contributed by atoms with van der Waals surface area (Å²) in [5.41, 5.74) is 0.647. The highest BCUT2D eigenvalue weighted by molar-refractivity contribution is 14.1. The van der Waals surface area contributed by atoms with E-state index in [1.807, 2.05) is 22.6 Å². The van der Waals surface area contributed by atoms with Gasteiger partial charge in [-0.1, -0.05) is 6.92 Å². The van der Waals surface area contributed by atoms with Gasteiger partial charge in [0.25, 0.3) is 5.91 Å². The van der Waals surface area contributed by atoms with Crippen molar-refractivity contribution in [1.29, 1.82) is 0 Å². The Labute approximate surface area is 126 Å². The van der Waals surface area contributed by atoms with Crippen LogP contribution in [0.3, 0.4) is 0 Å². The molecule has 0 radical (unpaired) electrons. The van der Waals surface area contributed by atoms with Gasteiger partial charge in [-0.15, -0.1) is 0 Å². The van der Waals surface area contributed by atoms with Crippen molar-refractivity contribution in [2.75, 3.05) is 19.6 Å². The fourth-order valence-electron chi connectivity index (χ4n) is 2.33. The van der Waals surface area contributed by atoms with E-state index >= 15 is 0 Å². The maximum atomic E-state index is 13.0. The molecule has 2 rings (SSSR count). The lowest BCUT2D eigenvalue weighted by molar-refractivity contribution is 0.0923. The summed E-state index contributed by atoms with van der Waals surface area (Å²) in [6.07, 6.45) is 2.25. The second kappa shape index (κ2) is 6.17. The van der Waals surface area contributed by atoms with Crippen LogP contribution in [0.25, 0.3) is 0 Å². The van der Waals surface area contributed by atoms with Gasteiger partial charge in [0.05, 0.1) is 5.56 Å². The van der Waals surface area contributed by atoms with E-state index in [-0.39, 0.29) is 17.1 Å². The van der Waals surface area contributed by atoms with E-state index < -0.39 is 0 Å². The first-order chi connectivity index (χ1) is 9.00. The summed E-state index contributed by atoms with van der Waals surface area (Å²) >= 11 is 1.99. The molecule has 19 heavy (non-hydrogen) atoms. The minimum Gasteiger partial charge on any atom is -0.351 e. The Balaban J connectivity index is 1.97. The van der Waals surface area contributed by atoms with Gasteiger partial charge >= 0.3 is 0 Å².